The zero-order valence-corrected chi connectivity index (χ0v) is 12.3. The minimum atomic E-state index is -0.833. The summed E-state index contributed by atoms with van der Waals surface area (Å²) in [5, 5.41) is 30.7. The monoisotopic (exact) mass is 296 g/mol. The second-order valence-electron chi connectivity index (χ2n) is 3.33. The Morgan fingerprint density at radius 3 is 0.800 bits per heavy atom. The van der Waals surface area contributed by atoms with Crippen molar-refractivity contribution in [2.24, 2.45) is 0 Å². The summed E-state index contributed by atoms with van der Waals surface area (Å²) in [4.78, 5) is 37.2. The Labute approximate surface area is 118 Å². The van der Waals surface area contributed by atoms with Gasteiger partial charge in [-0.2, -0.15) is 0 Å². The first-order chi connectivity index (χ1) is 9.00. The first-order valence-corrected chi connectivity index (χ1v) is 5.83. The zero-order chi connectivity index (χ0) is 17.1. The lowest BCUT2D eigenvalue weighted by Gasteiger charge is -1.79. The Bertz CT molecular complexity index is 237. The maximum atomic E-state index is 9.60. The Kier molecular flexibility index (Phi) is 29.2. The summed E-state index contributed by atoms with van der Waals surface area (Å²) in [7, 11) is 0. The van der Waals surface area contributed by atoms with E-state index in [1.165, 1.54) is 0 Å². The van der Waals surface area contributed by atoms with Crippen molar-refractivity contribution >= 4 is 23.9 Å². The van der Waals surface area contributed by atoms with Gasteiger partial charge < -0.3 is 20.4 Å². The maximum Gasteiger partial charge on any atom is 0.303 e. The third-order valence-electron chi connectivity index (χ3n) is 0.928. The molecule has 120 valence electrons. The Balaban J connectivity index is -0.0000000871. The molecule has 0 aliphatic heterocycles. The van der Waals surface area contributed by atoms with Crippen LogP contribution in [-0.4, -0.2) is 44.3 Å². The summed E-state index contributed by atoms with van der Waals surface area (Å²) in [6.45, 7) is 5.85. The van der Waals surface area contributed by atoms with Gasteiger partial charge in [-0.25, -0.2) is 0 Å². The molecule has 20 heavy (non-hydrogen) atoms. The van der Waals surface area contributed by atoms with Crippen LogP contribution in [0.4, 0.5) is 0 Å². The first-order valence-electron chi connectivity index (χ1n) is 5.83. The molecule has 0 spiro atoms. The van der Waals surface area contributed by atoms with Crippen molar-refractivity contribution in [2.75, 3.05) is 0 Å². The van der Waals surface area contributed by atoms with E-state index in [1.807, 2.05) is 13.8 Å². The summed E-state index contributed by atoms with van der Waals surface area (Å²) >= 11 is 0. The number of carboxylic acid groups (broad SMARTS) is 4. The summed E-state index contributed by atoms with van der Waals surface area (Å²) in [6, 6.07) is 0. The fourth-order valence-corrected chi connectivity index (χ4v) is 0.428. The van der Waals surface area contributed by atoms with E-state index in [4.69, 9.17) is 30.0 Å². The van der Waals surface area contributed by atoms with Gasteiger partial charge in [-0.05, 0) is 12.8 Å². The molecule has 0 saturated heterocycles. The molecule has 8 heteroatoms. The average molecular weight is 296 g/mol. The van der Waals surface area contributed by atoms with Gasteiger partial charge in [-0.3, -0.25) is 19.2 Å². The van der Waals surface area contributed by atoms with Crippen molar-refractivity contribution in [3.8, 4) is 0 Å². The highest BCUT2D eigenvalue weighted by molar-refractivity contribution is 5.66. The highest BCUT2D eigenvalue weighted by Crippen LogP contribution is 1.82. The van der Waals surface area contributed by atoms with Crippen molar-refractivity contribution in [1.82, 2.24) is 0 Å². The molecule has 8 nitrogen and oxygen atoms in total. The fourth-order valence-electron chi connectivity index (χ4n) is 0.428. The van der Waals surface area contributed by atoms with E-state index in [0.29, 0.717) is 12.8 Å². The van der Waals surface area contributed by atoms with Gasteiger partial charge in [0.1, 0.15) is 0 Å². The third-order valence-corrected chi connectivity index (χ3v) is 0.928. The molecule has 4 N–H and O–H groups in total. The van der Waals surface area contributed by atoms with Gasteiger partial charge in [0.05, 0.1) is 0 Å². The van der Waals surface area contributed by atoms with Crippen LogP contribution in [0.25, 0.3) is 0 Å². The molecule has 0 rings (SSSR count). The van der Waals surface area contributed by atoms with Crippen LogP contribution in [0.1, 0.15) is 53.4 Å². The molecule has 0 fully saturated rings. The highest BCUT2D eigenvalue weighted by atomic mass is 16.4. The number of carbonyl (C=O) groups is 4. The molecule has 0 aliphatic rings. The lowest BCUT2D eigenvalue weighted by molar-refractivity contribution is -0.138. The number of rotatable bonds is 4. The van der Waals surface area contributed by atoms with Gasteiger partial charge in [0.2, 0.25) is 0 Å². The van der Waals surface area contributed by atoms with Crippen LogP contribution in [0.3, 0.4) is 0 Å². The standard InChI is InChI=1S/2C4H8O2.2C2H4O2/c2*1-2-3-4(5)6;2*1-2(3)4/h2*2-3H2,1H3,(H,5,6);2*1H3,(H,3,4). The Morgan fingerprint density at radius 2 is 0.800 bits per heavy atom. The molecule has 0 aromatic rings. The molecule has 0 aromatic carbocycles. The van der Waals surface area contributed by atoms with E-state index in [9.17, 15) is 9.59 Å². The lowest BCUT2D eigenvalue weighted by atomic mass is 10.4. The van der Waals surface area contributed by atoms with Gasteiger partial charge >= 0.3 is 11.9 Å². The predicted molar refractivity (Wildman–Crippen MR) is 71.7 cm³/mol. The van der Waals surface area contributed by atoms with E-state index < -0.39 is 23.9 Å². The van der Waals surface area contributed by atoms with Crippen molar-refractivity contribution in [2.45, 2.75) is 53.4 Å². The number of carboxylic acids is 4. The molecule has 0 aromatic heterocycles. The van der Waals surface area contributed by atoms with Gasteiger partial charge in [0.25, 0.3) is 11.9 Å². The number of hydrogen-bond donors (Lipinski definition) is 4. The third kappa shape index (κ3) is 234. The zero-order valence-electron chi connectivity index (χ0n) is 12.3. The predicted octanol–water partition coefficient (Wildman–Crippen LogP) is 1.92. The SMILES string of the molecule is CC(=O)O.CC(=O)O.CCCC(=O)O.CCCC(=O)O. The van der Waals surface area contributed by atoms with Crippen molar-refractivity contribution < 1.29 is 39.6 Å². The lowest BCUT2D eigenvalue weighted by Crippen LogP contribution is -1.90. The second-order valence-corrected chi connectivity index (χ2v) is 3.33. The van der Waals surface area contributed by atoms with Crippen molar-refractivity contribution in [3.05, 3.63) is 0 Å². The van der Waals surface area contributed by atoms with Crippen molar-refractivity contribution in [1.29, 1.82) is 0 Å². The van der Waals surface area contributed by atoms with E-state index in [-0.39, 0.29) is 0 Å². The summed E-state index contributed by atoms with van der Waals surface area (Å²) in [6.07, 6.45) is 2.05. The number of aliphatic carboxylic acids is 4. The van der Waals surface area contributed by atoms with Gasteiger partial charge in [0.15, 0.2) is 0 Å². The highest BCUT2D eigenvalue weighted by Gasteiger charge is 1.88. The molecule has 0 amide bonds. The van der Waals surface area contributed by atoms with Crippen LogP contribution in [0.15, 0.2) is 0 Å². The quantitative estimate of drug-likeness (QED) is 0.614. The molecule has 0 heterocycles. The van der Waals surface area contributed by atoms with Gasteiger partial charge in [0, 0.05) is 26.7 Å². The second kappa shape index (κ2) is 22.1. The number of hydrogen-bond acceptors (Lipinski definition) is 4. The summed E-state index contributed by atoms with van der Waals surface area (Å²) in [5.74, 6) is -3.09. The molecule has 0 atom stereocenters. The molecular formula is C12H24O8. The summed E-state index contributed by atoms with van der Waals surface area (Å²) < 4.78 is 0. The Hall–Kier alpha value is -2.12. The minimum absolute atomic E-state index is 0.292. The topological polar surface area (TPSA) is 149 Å². The summed E-state index contributed by atoms with van der Waals surface area (Å²) in [5.41, 5.74) is 0. The smallest absolute Gasteiger partial charge is 0.303 e. The maximum absolute atomic E-state index is 9.60. The average Bonchev–Trinajstić information content (AvgIpc) is 2.15. The van der Waals surface area contributed by atoms with Crippen molar-refractivity contribution in [3.63, 3.8) is 0 Å². The first kappa shape index (κ1) is 26.4. The molecule has 0 aliphatic carbocycles. The fraction of sp³-hybridized carbons (Fsp3) is 0.667. The van der Waals surface area contributed by atoms with Crippen LogP contribution in [-0.2, 0) is 19.2 Å². The van der Waals surface area contributed by atoms with E-state index in [1.54, 1.807) is 0 Å². The molecular weight excluding hydrogens is 272 g/mol. The molecule has 0 radical (unpaired) electrons. The van der Waals surface area contributed by atoms with Crippen LogP contribution in [0.2, 0.25) is 0 Å². The molecule has 0 saturated carbocycles. The largest absolute Gasteiger partial charge is 0.481 e. The molecule has 0 unspecified atom stereocenters. The Morgan fingerprint density at radius 1 is 0.650 bits per heavy atom. The van der Waals surface area contributed by atoms with E-state index >= 15 is 0 Å². The van der Waals surface area contributed by atoms with Crippen LogP contribution < -0.4 is 0 Å². The minimum Gasteiger partial charge on any atom is -0.481 e. The van der Waals surface area contributed by atoms with Crippen LogP contribution in [0.5, 0.6) is 0 Å². The van der Waals surface area contributed by atoms with E-state index in [0.717, 1.165) is 26.7 Å². The normalized spacial score (nSPS) is 7.40. The van der Waals surface area contributed by atoms with Crippen LogP contribution >= 0.6 is 0 Å². The molecule has 0 bridgehead atoms. The van der Waals surface area contributed by atoms with Gasteiger partial charge in [-0.15, -0.1) is 0 Å². The van der Waals surface area contributed by atoms with Crippen LogP contribution in [0, 0.1) is 0 Å². The van der Waals surface area contributed by atoms with Gasteiger partial charge in [-0.1, -0.05) is 13.8 Å². The van der Waals surface area contributed by atoms with E-state index in [2.05, 4.69) is 0 Å².